The Balaban J connectivity index is 1.56. The summed E-state index contributed by atoms with van der Waals surface area (Å²) >= 11 is 0. The van der Waals surface area contributed by atoms with Gasteiger partial charge in [-0.25, -0.2) is 0 Å². The van der Waals surface area contributed by atoms with Gasteiger partial charge in [-0.15, -0.1) is 0 Å². The zero-order chi connectivity index (χ0) is 27.8. The standard InChI is InChI=1S/C31H30N4O4/c1-20(2)33(31(37)24-16-13-22(4)28(18-24)35(38)39)19-29(36)34-26-9-6-5-8-25(26)32-17-7-10-27(32)30(34)23-14-11-21(3)12-15-23/h5-18,20,30H,19H2,1-4H3. The predicted octanol–water partition coefficient (Wildman–Crippen LogP) is 5.99. The van der Waals surface area contributed by atoms with Crippen molar-refractivity contribution in [1.29, 1.82) is 0 Å². The van der Waals surface area contributed by atoms with E-state index in [1.807, 2.05) is 87.6 Å². The highest BCUT2D eigenvalue weighted by Crippen LogP contribution is 2.42. The second-order valence-corrected chi connectivity index (χ2v) is 10.2. The molecule has 8 nitrogen and oxygen atoms in total. The smallest absolute Gasteiger partial charge is 0.273 e. The van der Waals surface area contributed by atoms with Crippen LogP contribution in [0.4, 0.5) is 11.4 Å². The van der Waals surface area contributed by atoms with Crippen molar-refractivity contribution in [3.8, 4) is 5.69 Å². The predicted molar refractivity (Wildman–Crippen MR) is 150 cm³/mol. The van der Waals surface area contributed by atoms with E-state index in [1.165, 1.54) is 11.0 Å². The Labute approximate surface area is 227 Å². The zero-order valence-corrected chi connectivity index (χ0v) is 22.4. The number of para-hydroxylation sites is 2. The van der Waals surface area contributed by atoms with Crippen LogP contribution in [0.3, 0.4) is 0 Å². The van der Waals surface area contributed by atoms with Crippen LogP contribution in [0.2, 0.25) is 0 Å². The molecule has 4 aromatic rings. The lowest BCUT2D eigenvalue weighted by Crippen LogP contribution is -2.48. The number of rotatable bonds is 6. The number of anilines is 1. The van der Waals surface area contributed by atoms with Crippen molar-refractivity contribution in [2.24, 2.45) is 0 Å². The summed E-state index contributed by atoms with van der Waals surface area (Å²) in [5, 5.41) is 11.5. The van der Waals surface area contributed by atoms with Gasteiger partial charge < -0.3 is 9.47 Å². The minimum absolute atomic E-state index is 0.124. The number of hydrogen-bond acceptors (Lipinski definition) is 4. The van der Waals surface area contributed by atoms with Crippen molar-refractivity contribution in [3.05, 3.63) is 123 Å². The first-order chi connectivity index (χ1) is 18.7. The van der Waals surface area contributed by atoms with Gasteiger partial charge in [0.05, 0.1) is 22.0 Å². The lowest BCUT2D eigenvalue weighted by Gasteiger charge is -2.40. The van der Waals surface area contributed by atoms with Gasteiger partial charge in [0.15, 0.2) is 0 Å². The van der Waals surface area contributed by atoms with Crippen molar-refractivity contribution >= 4 is 23.2 Å². The Hall–Kier alpha value is -4.72. The number of aromatic nitrogens is 1. The van der Waals surface area contributed by atoms with E-state index in [9.17, 15) is 19.7 Å². The molecule has 0 saturated carbocycles. The van der Waals surface area contributed by atoms with Crippen molar-refractivity contribution < 1.29 is 14.5 Å². The molecule has 2 amide bonds. The Morgan fingerprint density at radius 1 is 0.949 bits per heavy atom. The van der Waals surface area contributed by atoms with Crippen LogP contribution in [0.15, 0.2) is 85.1 Å². The van der Waals surface area contributed by atoms with Crippen LogP contribution in [0.1, 0.15) is 52.6 Å². The first-order valence-corrected chi connectivity index (χ1v) is 12.9. The summed E-state index contributed by atoms with van der Waals surface area (Å²) in [6.45, 7) is 7.13. The van der Waals surface area contributed by atoms with Gasteiger partial charge in [0.1, 0.15) is 12.6 Å². The van der Waals surface area contributed by atoms with Gasteiger partial charge >= 0.3 is 0 Å². The highest BCUT2D eigenvalue weighted by Gasteiger charge is 2.37. The van der Waals surface area contributed by atoms with E-state index >= 15 is 0 Å². The van der Waals surface area contributed by atoms with Crippen LogP contribution in [0, 0.1) is 24.0 Å². The molecule has 0 saturated heterocycles. The SMILES string of the molecule is Cc1ccc(C2c3cccn3-c3ccccc3N2C(=O)CN(C(=O)c2ccc(C)c([N+](=O)[O-])c2)C(C)C)cc1. The van der Waals surface area contributed by atoms with Crippen LogP contribution >= 0.6 is 0 Å². The molecule has 39 heavy (non-hydrogen) atoms. The molecule has 1 atom stereocenters. The maximum Gasteiger partial charge on any atom is 0.273 e. The normalized spacial score (nSPS) is 14.1. The lowest BCUT2D eigenvalue weighted by molar-refractivity contribution is -0.385. The minimum Gasteiger partial charge on any atom is -0.327 e. The van der Waals surface area contributed by atoms with Gasteiger partial charge in [0.25, 0.3) is 11.6 Å². The molecule has 1 aliphatic heterocycles. The molecule has 1 aliphatic rings. The minimum atomic E-state index is -0.497. The fraction of sp³-hybridized carbons (Fsp3) is 0.226. The van der Waals surface area contributed by atoms with Crippen LogP contribution in [-0.2, 0) is 4.79 Å². The Morgan fingerprint density at radius 2 is 1.64 bits per heavy atom. The maximum atomic E-state index is 14.2. The van der Waals surface area contributed by atoms with Crippen LogP contribution in [0.5, 0.6) is 0 Å². The molecular weight excluding hydrogens is 492 g/mol. The largest absolute Gasteiger partial charge is 0.327 e. The molecule has 0 bridgehead atoms. The third-order valence-corrected chi connectivity index (χ3v) is 7.22. The van der Waals surface area contributed by atoms with Crippen LogP contribution in [-0.4, -0.2) is 38.8 Å². The molecule has 8 heteroatoms. The van der Waals surface area contributed by atoms with E-state index in [1.54, 1.807) is 24.0 Å². The number of fused-ring (bicyclic) bond motifs is 3. The summed E-state index contributed by atoms with van der Waals surface area (Å²) in [5.41, 5.74) is 5.18. The van der Waals surface area contributed by atoms with Gasteiger partial charge in [-0.1, -0.05) is 48.0 Å². The molecule has 0 radical (unpaired) electrons. The van der Waals surface area contributed by atoms with E-state index in [-0.39, 0.29) is 29.7 Å². The van der Waals surface area contributed by atoms with Crippen molar-refractivity contribution in [1.82, 2.24) is 9.47 Å². The molecule has 0 N–H and O–H groups in total. The van der Waals surface area contributed by atoms with Gasteiger partial charge in [-0.05, 0) is 63.6 Å². The number of carbonyl (C=O) groups is 2. The third-order valence-electron chi connectivity index (χ3n) is 7.22. The molecule has 198 valence electrons. The number of benzene rings is 3. The van der Waals surface area contributed by atoms with Crippen molar-refractivity contribution in [3.63, 3.8) is 0 Å². The number of hydrogen-bond donors (Lipinski definition) is 0. The van der Waals surface area contributed by atoms with Crippen molar-refractivity contribution in [2.45, 2.75) is 39.8 Å². The second kappa shape index (κ2) is 10.2. The second-order valence-electron chi connectivity index (χ2n) is 10.2. The maximum absolute atomic E-state index is 14.2. The Kier molecular flexibility index (Phi) is 6.78. The first kappa shape index (κ1) is 25.9. The molecule has 1 aromatic heterocycles. The molecule has 2 heterocycles. The average Bonchev–Trinajstić information content (AvgIpc) is 3.41. The number of aryl methyl sites for hydroxylation is 2. The third kappa shape index (κ3) is 4.69. The fourth-order valence-electron chi connectivity index (χ4n) is 5.14. The van der Waals surface area contributed by atoms with Gasteiger partial charge in [0.2, 0.25) is 5.91 Å². The summed E-state index contributed by atoms with van der Waals surface area (Å²) in [6.07, 6.45) is 1.99. The quantitative estimate of drug-likeness (QED) is 0.230. The number of amides is 2. The number of nitro benzene ring substituents is 1. The van der Waals surface area contributed by atoms with E-state index in [0.717, 1.165) is 28.2 Å². The number of nitrogens with zero attached hydrogens (tertiary/aromatic N) is 4. The number of carbonyl (C=O) groups excluding carboxylic acids is 2. The van der Waals surface area contributed by atoms with Gasteiger partial charge in [-0.2, -0.15) is 0 Å². The molecule has 0 spiro atoms. The van der Waals surface area contributed by atoms with E-state index in [2.05, 4.69) is 4.57 Å². The molecule has 1 unspecified atom stereocenters. The van der Waals surface area contributed by atoms with E-state index in [4.69, 9.17) is 0 Å². The average molecular weight is 523 g/mol. The molecule has 5 rings (SSSR count). The summed E-state index contributed by atoms with van der Waals surface area (Å²) in [5.74, 6) is -0.675. The fourth-order valence-corrected chi connectivity index (χ4v) is 5.14. The molecular formula is C31H30N4O4. The zero-order valence-electron chi connectivity index (χ0n) is 22.4. The van der Waals surface area contributed by atoms with E-state index in [0.29, 0.717) is 5.56 Å². The highest BCUT2D eigenvalue weighted by molar-refractivity contribution is 6.03. The number of nitro groups is 1. The Bertz CT molecular complexity index is 1570. The summed E-state index contributed by atoms with van der Waals surface area (Å²) in [4.78, 5) is 42.1. The van der Waals surface area contributed by atoms with Gasteiger partial charge in [0, 0.05) is 29.4 Å². The van der Waals surface area contributed by atoms with Crippen molar-refractivity contribution in [2.75, 3.05) is 11.4 Å². The lowest BCUT2D eigenvalue weighted by atomic mass is 9.97. The van der Waals surface area contributed by atoms with Gasteiger partial charge in [-0.3, -0.25) is 24.6 Å². The molecule has 0 fully saturated rings. The Morgan fingerprint density at radius 3 is 2.31 bits per heavy atom. The highest BCUT2D eigenvalue weighted by atomic mass is 16.6. The van der Waals surface area contributed by atoms with Crippen LogP contribution < -0.4 is 4.90 Å². The molecule has 0 aliphatic carbocycles. The summed E-state index contributed by atoms with van der Waals surface area (Å²) < 4.78 is 2.10. The monoisotopic (exact) mass is 522 g/mol. The molecule has 3 aromatic carbocycles. The summed E-state index contributed by atoms with van der Waals surface area (Å²) in [6, 6.07) is 23.5. The first-order valence-electron chi connectivity index (χ1n) is 12.9. The topological polar surface area (TPSA) is 88.7 Å². The van der Waals surface area contributed by atoms with E-state index < -0.39 is 16.9 Å². The van der Waals surface area contributed by atoms with Crippen LogP contribution in [0.25, 0.3) is 5.69 Å². The summed E-state index contributed by atoms with van der Waals surface area (Å²) in [7, 11) is 0.